The number of hydrogen-bond donors (Lipinski definition) is 3. The van der Waals surface area contributed by atoms with Crippen molar-refractivity contribution >= 4 is 68.0 Å². The lowest BCUT2D eigenvalue weighted by Crippen LogP contribution is -2.54. The van der Waals surface area contributed by atoms with E-state index in [2.05, 4.69) is 9.98 Å². The van der Waals surface area contributed by atoms with Crippen LogP contribution in [-0.4, -0.2) is 83.7 Å². The maximum atomic E-state index is 11.8. The summed E-state index contributed by atoms with van der Waals surface area (Å²) in [6.07, 6.45) is 0.205. The highest BCUT2D eigenvalue weighted by Gasteiger charge is 2.45. The number of aliphatic imine (C=N–C) groups is 1. The molecule has 3 N–H and O–H groups in total. The number of thiazole rings is 1. The van der Waals surface area contributed by atoms with Crippen molar-refractivity contribution in [2.75, 3.05) is 18.1 Å². The van der Waals surface area contributed by atoms with Gasteiger partial charge in [0, 0.05) is 23.2 Å². The quantitative estimate of drug-likeness (QED) is 0.469. The van der Waals surface area contributed by atoms with Crippen molar-refractivity contribution in [2.24, 2.45) is 4.99 Å². The van der Waals surface area contributed by atoms with Crippen LogP contribution in [0.2, 0.25) is 0 Å². The summed E-state index contributed by atoms with van der Waals surface area (Å²) in [5, 5.41) is 27.9. The zero-order valence-electron chi connectivity index (χ0n) is 18.8. The van der Waals surface area contributed by atoms with E-state index in [9.17, 15) is 19.5 Å². The number of aromatic nitrogens is 1. The van der Waals surface area contributed by atoms with E-state index < -0.39 is 18.0 Å². The predicted molar refractivity (Wildman–Crippen MR) is 135 cm³/mol. The first-order valence-electron chi connectivity index (χ1n) is 10.7. The standard InChI is InChI=1S/C19H15N3O6S3.C3H8O/c23-13-4-14-22(13)15(19(26)27)8(6-29-14)5-28-9-1-2-10-12(3-9)31-17(20-10)16-21-11(7-30-16)18(24)25;1-3(2)4/h1-3,11,14H,4-7H2,(H,24,25)(H,26,27);3-4H,1-2H3. The second-order valence-corrected chi connectivity index (χ2v) is 11.3. The highest BCUT2D eigenvalue weighted by Crippen LogP contribution is 2.40. The molecule has 0 spiro atoms. The normalized spacial score (nSPS) is 21.3. The van der Waals surface area contributed by atoms with E-state index in [1.54, 1.807) is 37.7 Å². The Bertz CT molecular complexity index is 1240. The van der Waals surface area contributed by atoms with Crippen LogP contribution in [0.4, 0.5) is 0 Å². The summed E-state index contributed by atoms with van der Waals surface area (Å²) in [6, 6.07) is 4.63. The lowest BCUT2D eigenvalue weighted by Gasteiger charge is -2.43. The van der Waals surface area contributed by atoms with Crippen LogP contribution in [0, 0.1) is 0 Å². The van der Waals surface area contributed by atoms with Crippen molar-refractivity contribution in [3.63, 3.8) is 0 Å². The van der Waals surface area contributed by atoms with E-state index in [-0.39, 0.29) is 29.7 Å². The van der Waals surface area contributed by atoms with Crippen molar-refractivity contribution in [2.45, 2.75) is 37.8 Å². The topological polar surface area (TPSA) is 150 Å². The second-order valence-electron chi connectivity index (χ2n) is 8.12. The zero-order chi connectivity index (χ0) is 25.3. The summed E-state index contributed by atoms with van der Waals surface area (Å²) in [7, 11) is 0. The number of carbonyl (C=O) groups excluding carboxylic acids is 1. The smallest absolute Gasteiger partial charge is 0.352 e. The first-order valence-corrected chi connectivity index (χ1v) is 13.5. The molecule has 1 amide bonds. The van der Waals surface area contributed by atoms with Gasteiger partial charge in [-0.25, -0.2) is 14.6 Å². The van der Waals surface area contributed by atoms with Gasteiger partial charge in [-0.3, -0.25) is 14.7 Å². The van der Waals surface area contributed by atoms with Crippen molar-refractivity contribution in [3.8, 4) is 5.75 Å². The number of fused-ring (bicyclic) bond motifs is 2. The number of hydrogen-bond acceptors (Lipinski definition) is 10. The van der Waals surface area contributed by atoms with Gasteiger partial charge in [-0.15, -0.1) is 34.9 Å². The molecule has 0 bridgehead atoms. The molecule has 2 unspecified atom stereocenters. The maximum absolute atomic E-state index is 11.8. The molecule has 2 atom stereocenters. The molecule has 1 aromatic carbocycles. The number of carboxylic acids is 2. The number of carbonyl (C=O) groups is 3. The molecule has 13 heteroatoms. The van der Waals surface area contributed by atoms with Gasteiger partial charge in [0.2, 0.25) is 5.91 Å². The fourth-order valence-corrected chi connectivity index (χ4v) is 6.80. The fourth-order valence-electron chi connectivity index (χ4n) is 3.46. The number of thioether (sulfide) groups is 2. The van der Waals surface area contributed by atoms with Crippen LogP contribution in [-0.2, 0) is 14.4 Å². The van der Waals surface area contributed by atoms with Gasteiger partial charge in [0.15, 0.2) is 6.04 Å². The number of rotatable bonds is 6. The summed E-state index contributed by atoms with van der Waals surface area (Å²) in [6.45, 7) is 3.52. The van der Waals surface area contributed by atoms with Crippen molar-refractivity contribution in [3.05, 3.63) is 34.5 Å². The lowest BCUT2D eigenvalue weighted by molar-refractivity contribution is -0.146. The van der Waals surface area contributed by atoms with Gasteiger partial charge in [-0.1, -0.05) is 0 Å². The van der Waals surface area contributed by atoms with Crippen molar-refractivity contribution in [1.29, 1.82) is 0 Å². The van der Waals surface area contributed by atoms with Crippen LogP contribution < -0.4 is 4.74 Å². The number of aliphatic hydroxyl groups excluding tert-OH is 1. The number of amides is 1. The molecule has 35 heavy (non-hydrogen) atoms. The van der Waals surface area contributed by atoms with Crippen LogP contribution in [0.15, 0.2) is 34.5 Å². The number of nitrogens with zero attached hydrogens (tertiary/aromatic N) is 3. The minimum absolute atomic E-state index is 0.0328. The number of β-lactam (4-membered cyclic amide) rings is 1. The Morgan fingerprint density at radius 3 is 2.66 bits per heavy atom. The van der Waals surface area contributed by atoms with Crippen LogP contribution in [0.3, 0.4) is 0 Å². The van der Waals surface area contributed by atoms with Gasteiger partial charge in [0.1, 0.15) is 28.1 Å². The van der Waals surface area contributed by atoms with Crippen LogP contribution >= 0.6 is 34.9 Å². The van der Waals surface area contributed by atoms with E-state index in [1.165, 1.54) is 28.0 Å². The average molecular weight is 538 g/mol. The Balaban J connectivity index is 0.000000672. The Kier molecular flexibility index (Phi) is 7.69. The van der Waals surface area contributed by atoms with Gasteiger partial charge in [0.05, 0.1) is 22.0 Å². The maximum Gasteiger partial charge on any atom is 0.352 e. The molecule has 1 aromatic heterocycles. The SMILES string of the molecule is CC(C)O.O=C(O)C1=C(COc2ccc3nc(C4=NC(C(=O)O)CS4)sc3c2)CSC2CC(=O)N12. The fraction of sp³-hybridized carbons (Fsp3) is 0.409. The lowest BCUT2D eigenvalue weighted by atomic mass is 10.1. The molecule has 4 heterocycles. The van der Waals surface area contributed by atoms with Gasteiger partial charge >= 0.3 is 11.9 Å². The van der Waals surface area contributed by atoms with Gasteiger partial charge < -0.3 is 20.1 Å². The Morgan fingerprint density at radius 1 is 1.29 bits per heavy atom. The number of carboxylic acid groups (broad SMARTS) is 2. The molecule has 3 aliphatic heterocycles. The Labute approximate surface area is 213 Å². The molecule has 5 rings (SSSR count). The number of benzene rings is 1. The largest absolute Gasteiger partial charge is 0.489 e. The summed E-state index contributed by atoms with van der Waals surface area (Å²) in [5.41, 5.74) is 1.36. The van der Waals surface area contributed by atoms with Crippen molar-refractivity contribution < 1.29 is 34.4 Å². The zero-order valence-corrected chi connectivity index (χ0v) is 21.3. The van der Waals surface area contributed by atoms with Crippen molar-refractivity contribution in [1.82, 2.24) is 9.88 Å². The third-order valence-electron chi connectivity index (χ3n) is 5.03. The van der Waals surface area contributed by atoms with E-state index in [0.717, 1.165) is 10.2 Å². The van der Waals surface area contributed by atoms with Gasteiger partial charge in [-0.05, 0) is 32.0 Å². The molecule has 186 valence electrons. The Morgan fingerprint density at radius 2 is 2.03 bits per heavy atom. The third-order valence-corrected chi connectivity index (χ3v) is 8.51. The molecular weight excluding hydrogens is 514 g/mol. The second kappa shape index (κ2) is 10.6. The average Bonchev–Trinajstić information content (AvgIpc) is 3.43. The molecular formula is C22H23N3O7S3. The number of aliphatic hydroxyl groups is 1. The number of ether oxygens (including phenoxy) is 1. The number of aliphatic carboxylic acids is 2. The van der Waals surface area contributed by atoms with Gasteiger partial charge in [0.25, 0.3) is 0 Å². The highest BCUT2D eigenvalue weighted by atomic mass is 32.2. The van der Waals surface area contributed by atoms with Crippen LogP contribution in [0.5, 0.6) is 5.75 Å². The molecule has 1 saturated heterocycles. The molecule has 2 aromatic rings. The molecule has 10 nitrogen and oxygen atoms in total. The minimum Gasteiger partial charge on any atom is -0.489 e. The summed E-state index contributed by atoms with van der Waals surface area (Å²) in [5.74, 6) is -0.774. The van der Waals surface area contributed by atoms with E-state index in [4.69, 9.17) is 14.9 Å². The highest BCUT2D eigenvalue weighted by molar-refractivity contribution is 8.15. The van der Waals surface area contributed by atoms with E-state index >= 15 is 0 Å². The first-order chi connectivity index (χ1) is 16.6. The Hall–Kier alpha value is -2.61. The predicted octanol–water partition coefficient (Wildman–Crippen LogP) is 2.65. The first kappa shape index (κ1) is 25.5. The molecule has 1 fully saturated rings. The summed E-state index contributed by atoms with van der Waals surface area (Å²) >= 11 is 4.32. The van der Waals surface area contributed by atoms with Crippen LogP contribution in [0.1, 0.15) is 25.3 Å². The summed E-state index contributed by atoms with van der Waals surface area (Å²) < 4.78 is 6.71. The molecule has 0 aliphatic carbocycles. The third kappa shape index (κ3) is 5.63. The summed E-state index contributed by atoms with van der Waals surface area (Å²) in [4.78, 5) is 44.8. The van der Waals surface area contributed by atoms with E-state index in [1.807, 2.05) is 6.07 Å². The molecule has 0 radical (unpaired) electrons. The van der Waals surface area contributed by atoms with E-state index in [0.29, 0.717) is 39.3 Å². The van der Waals surface area contributed by atoms with Gasteiger partial charge in [-0.2, -0.15) is 0 Å². The monoisotopic (exact) mass is 537 g/mol. The minimum atomic E-state index is -1.12. The molecule has 3 aliphatic rings. The molecule has 0 saturated carbocycles. The van der Waals surface area contributed by atoms with Crippen LogP contribution in [0.25, 0.3) is 10.2 Å².